The van der Waals surface area contributed by atoms with Gasteiger partial charge in [-0.3, -0.25) is 0 Å². The Hall–Kier alpha value is -1.53. The van der Waals surface area contributed by atoms with Crippen molar-refractivity contribution < 1.29 is 9.84 Å². The molecule has 1 aliphatic rings. The highest BCUT2D eigenvalue weighted by Crippen LogP contribution is 2.29. The van der Waals surface area contributed by atoms with Crippen molar-refractivity contribution >= 4 is 11.5 Å². The number of rotatable bonds is 3. The Bertz CT molecular complexity index is 445. The van der Waals surface area contributed by atoms with Gasteiger partial charge in [0.1, 0.15) is 0 Å². The number of nitrogens with one attached hydrogen (secondary N) is 1. The van der Waals surface area contributed by atoms with E-state index >= 15 is 0 Å². The summed E-state index contributed by atoms with van der Waals surface area (Å²) in [6.45, 7) is 5.91. The highest BCUT2D eigenvalue weighted by Gasteiger charge is 2.32. The van der Waals surface area contributed by atoms with E-state index in [0.29, 0.717) is 18.0 Å². The van der Waals surface area contributed by atoms with E-state index in [1.807, 2.05) is 13.8 Å². The van der Waals surface area contributed by atoms with Gasteiger partial charge >= 0.3 is 0 Å². The van der Waals surface area contributed by atoms with E-state index in [4.69, 9.17) is 10.5 Å². The third-order valence-corrected chi connectivity index (χ3v) is 3.40. The molecule has 2 heterocycles. The molecule has 1 aromatic rings. The van der Waals surface area contributed by atoms with Gasteiger partial charge in [-0.1, -0.05) is 0 Å². The lowest BCUT2D eigenvalue weighted by Gasteiger charge is -2.40. The maximum absolute atomic E-state index is 10.1. The first-order chi connectivity index (χ1) is 8.91. The summed E-state index contributed by atoms with van der Waals surface area (Å²) in [7, 11) is 1.61. The Morgan fingerprint density at radius 2 is 2.32 bits per heavy atom. The van der Waals surface area contributed by atoms with Gasteiger partial charge in [0, 0.05) is 25.7 Å². The molecule has 4 N–H and O–H groups in total. The van der Waals surface area contributed by atoms with Crippen molar-refractivity contribution in [2.24, 2.45) is 0 Å². The van der Waals surface area contributed by atoms with Crippen LogP contribution in [0.2, 0.25) is 0 Å². The summed E-state index contributed by atoms with van der Waals surface area (Å²) in [5, 5.41) is 13.4. The Balaban J connectivity index is 2.22. The average molecular weight is 266 g/mol. The number of ether oxygens (including phenoxy) is 1. The van der Waals surface area contributed by atoms with Crippen LogP contribution >= 0.6 is 0 Å². The fourth-order valence-electron chi connectivity index (χ4n) is 2.26. The summed E-state index contributed by atoms with van der Waals surface area (Å²) < 4.78 is 5.33. The van der Waals surface area contributed by atoms with Gasteiger partial charge in [0.05, 0.1) is 30.6 Å². The molecule has 1 unspecified atom stereocenters. The van der Waals surface area contributed by atoms with Crippen LogP contribution in [0.5, 0.6) is 5.75 Å². The zero-order chi connectivity index (χ0) is 14.0. The molecule has 0 amide bonds. The Kier molecular flexibility index (Phi) is 3.82. The minimum Gasteiger partial charge on any atom is -0.493 e. The minimum atomic E-state index is -0.778. The monoisotopic (exact) mass is 266 g/mol. The number of hydrogen-bond donors (Lipinski definition) is 3. The highest BCUT2D eigenvalue weighted by molar-refractivity contribution is 5.58. The standard InChI is InChI=1S/C13H22N4O2/c1-13(2,18)11-8-17(5-4-15-11)12-10(19-3)6-9(14)7-16-12/h6-7,11,15,18H,4-5,8,14H2,1-3H3. The number of aliphatic hydroxyl groups is 1. The normalized spacial score (nSPS) is 20.4. The number of aromatic nitrogens is 1. The number of methoxy groups -OCH3 is 1. The molecule has 106 valence electrons. The van der Waals surface area contributed by atoms with Crippen molar-refractivity contribution in [3.8, 4) is 5.75 Å². The van der Waals surface area contributed by atoms with Crippen LogP contribution in [0, 0.1) is 0 Å². The third kappa shape index (κ3) is 3.08. The van der Waals surface area contributed by atoms with Crippen molar-refractivity contribution in [1.29, 1.82) is 0 Å². The molecule has 0 saturated carbocycles. The molecular weight excluding hydrogens is 244 g/mol. The lowest BCUT2D eigenvalue weighted by Crippen LogP contribution is -2.59. The molecule has 0 spiro atoms. The summed E-state index contributed by atoms with van der Waals surface area (Å²) in [5.41, 5.74) is 5.52. The molecular formula is C13H22N4O2. The SMILES string of the molecule is COc1cc(N)cnc1N1CCNC(C(C)(C)O)C1. The Morgan fingerprint density at radius 3 is 2.95 bits per heavy atom. The van der Waals surface area contributed by atoms with Crippen molar-refractivity contribution in [3.63, 3.8) is 0 Å². The van der Waals surface area contributed by atoms with Crippen LogP contribution in [-0.4, -0.2) is 48.5 Å². The van der Waals surface area contributed by atoms with Crippen LogP contribution in [-0.2, 0) is 0 Å². The van der Waals surface area contributed by atoms with E-state index < -0.39 is 5.60 Å². The largest absolute Gasteiger partial charge is 0.493 e. The second-order valence-corrected chi connectivity index (χ2v) is 5.40. The number of anilines is 2. The van der Waals surface area contributed by atoms with Gasteiger partial charge in [0.25, 0.3) is 0 Å². The molecule has 1 aromatic heterocycles. The Morgan fingerprint density at radius 1 is 1.58 bits per heavy atom. The Labute approximate surface area is 113 Å². The molecule has 19 heavy (non-hydrogen) atoms. The van der Waals surface area contributed by atoms with E-state index in [2.05, 4.69) is 15.2 Å². The van der Waals surface area contributed by atoms with Crippen LogP contribution < -0.4 is 20.7 Å². The molecule has 1 saturated heterocycles. The smallest absolute Gasteiger partial charge is 0.171 e. The van der Waals surface area contributed by atoms with Crippen molar-refractivity contribution in [2.75, 3.05) is 37.4 Å². The molecule has 0 bridgehead atoms. The maximum Gasteiger partial charge on any atom is 0.171 e. The topological polar surface area (TPSA) is 83.6 Å². The first kappa shape index (κ1) is 13.9. The van der Waals surface area contributed by atoms with Crippen molar-refractivity contribution in [3.05, 3.63) is 12.3 Å². The zero-order valence-corrected chi connectivity index (χ0v) is 11.7. The van der Waals surface area contributed by atoms with Crippen LogP contribution in [0.4, 0.5) is 11.5 Å². The van der Waals surface area contributed by atoms with E-state index in [1.165, 1.54) is 0 Å². The average Bonchev–Trinajstić information content (AvgIpc) is 2.37. The highest BCUT2D eigenvalue weighted by atomic mass is 16.5. The van der Waals surface area contributed by atoms with E-state index in [1.54, 1.807) is 19.4 Å². The second kappa shape index (κ2) is 5.22. The fraction of sp³-hybridized carbons (Fsp3) is 0.615. The molecule has 6 heteroatoms. The molecule has 0 radical (unpaired) electrons. The molecule has 1 aliphatic heterocycles. The van der Waals surface area contributed by atoms with Gasteiger partial charge in [0.2, 0.25) is 0 Å². The zero-order valence-electron chi connectivity index (χ0n) is 11.7. The molecule has 1 fully saturated rings. The number of pyridine rings is 1. The summed E-state index contributed by atoms with van der Waals surface area (Å²) in [4.78, 5) is 6.46. The van der Waals surface area contributed by atoms with Gasteiger partial charge in [0.15, 0.2) is 11.6 Å². The van der Waals surface area contributed by atoms with Gasteiger partial charge < -0.3 is 25.8 Å². The number of hydrogen-bond acceptors (Lipinski definition) is 6. The molecule has 6 nitrogen and oxygen atoms in total. The predicted octanol–water partition coefficient (Wildman–Crippen LogP) is 0.222. The number of nitrogen functional groups attached to an aromatic ring is 1. The number of piperazine rings is 1. The third-order valence-electron chi connectivity index (χ3n) is 3.40. The summed E-state index contributed by atoms with van der Waals surface area (Å²) in [6, 6.07) is 1.76. The van der Waals surface area contributed by atoms with Gasteiger partial charge in [-0.05, 0) is 13.8 Å². The van der Waals surface area contributed by atoms with Crippen LogP contribution in [0.25, 0.3) is 0 Å². The first-order valence-corrected chi connectivity index (χ1v) is 6.42. The fourth-order valence-corrected chi connectivity index (χ4v) is 2.26. The van der Waals surface area contributed by atoms with Crippen molar-refractivity contribution in [1.82, 2.24) is 10.3 Å². The van der Waals surface area contributed by atoms with Crippen LogP contribution in [0.3, 0.4) is 0 Å². The maximum atomic E-state index is 10.1. The molecule has 1 atom stereocenters. The second-order valence-electron chi connectivity index (χ2n) is 5.40. The molecule has 2 rings (SSSR count). The van der Waals surface area contributed by atoms with Crippen LogP contribution in [0.15, 0.2) is 12.3 Å². The summed E-state index contributed by atoms with van der Waals surface area (Å²) >= 11 is 0. The predicted molar refractivity (Wildman–Crippen MR) is 75.5 cm³/mol. The van der Waals surface area contributed by atoms with Crippen LogP contribution in [0.1, 0.15) is 13.8 Å². The van der Waals surface area contributed by atoms with Gasteiger partial charge in [-0.2, -0.15) is 0 Å². The number of nitrogens with zero attached hydrogens (tertiary/aromatic N) is 2. The van der Waals surface area contributed by atoms with E-state index in [0.717, 1.165) is 18.9 Å². The molecule has 0 aromatic carbocycles. The lowest BCUT2D eigenvalue weighted by atomic mass is 9.97. The first-order valence-electron chi connectivity index (χ1n) is 6.42. The quantitative estimate of drug-likeness (QED) is 0.726. The van der Waals surface area contributed by atoms with E-state index in [9.17, 15) is 5.11 Å². The summed E-state index contributed by atoms with van der Waals surface area (Å²) in [5.74, 6) is 1.43. The molecule has 0 aliphatic carbocycles. The van der Waals surface area contributed by atoms with E-state index in [-0.39, 0.29) is 6.04 Å². The van der Waals surface area contributed by atoms with Crippen molar-refractivity contribution in [2.45, 2.75) is 25.5 Å². The summed E-state index contributed by atoms with van der Waals surface area (Å²) in [6.07, 6.45) is 1.62. The lowest BCUT2D eigenvalue weighted by molar-refractivity contribution is 0.0362. The van der Waals surface area contributed by atoms with Gasteiger partial charge in [-0.15, -0.1) is 0 Å². The minimum absolute atomic E-state index is 0.00897. The van der Waals surface area contributed by atoms with Gasteiger partial charge in [-0.25, -0.2) is 4.98 Å². The number of nitrogens with two attached hydrogens (primary N) is 1.